The Hall–Kier alpha value is -2.29. The molecule has 0 saturated heterocycles. The van der Waals surface area contributed by atoms with Crippen molar-refractivity contribution in [2.75, 3.05) is 0 Å². The van der Waals surface area contributed by atoms with Gasteiger partial charge >= 0.3 is 5.97 Å². The van der Waals surface area contributed by atoms with Crippen LogP contribution in [-0.4, -0.2) is 11.1 Å². The summed E-state index contributed by atoms with van der Waals surface area (Å²) in [5, 5.41) is 8.91. The Labute approximate surface area is 118 Å². The molecule has 0 aliphatic heterocycles. The highest BCUT2D eigenvalue weighted by Gasteiger charge is 2.07. The van der Waals surface area contributed by atoms with Crippen LogP contribution >= 0.6 is 0 Å². The average molecular weight is 270 g/mol. The molecule has 3 nitrogen and oxygen atoms in total. The van der Waals surface area contributed by atoms with Gasteiger partial charge in [0.15, 0.2) is 0 Å². The molecule has 1 N–H and O–H groups in total. The van der Waals surface area contributed by atoms with Crippen molar-refractivity contribution in [3.8, 4) is 5.75 Å². The largest absolute Gasteiger partial charge is 0.489 e. The highest BCUT2D eigenvalue weighted by Crippen LogP contribution is 2.21. The molecule has 0 saturated carbocycles. The van der Waals surface area contributed by atoms with Crippen LogP contribution in [0.15, 0.2) is 42.5 Å². The lowest BCUT2D eigenvalue weighted by atomic mass is 10.1. The van der Waals surface area contributed by atoms with E-state index in [2.05, 4.69) is 6.07 Å². The first-order valence-corrected chi connectivity index (χ1v) is 6.55. The maximum Gasteiger partial charge on any atom is 0.307 e. The van der Waals surface area contributed by atoms with Gasteiger partial charge in [0.2, 0.25) is 0 Å². The minimum absolute atomic E-state index is 0.0203. The Morgan fingerprint density at radius 3 is 2.45 bits per heavy atom. The van der Waals surface area contributed by atoms with Gasteiger partial charge in [0.05, 0.1) is 6.42 Å². The summed E-state index contributed by atoms with van der Waals surface area (Å²) in [7, 11) is 0. The van der Waals surface area contributed by atoms with Crippen LogP contribution in [0.5, 0.6) is 5.75 Å². The van der Waals surface area contributed by atoms with Gasteiger partial charge in [-0.2, -0.15) is 0 Å². The second kappa shape index (κ2) is 6.24. The predicted octanol–water partition coefficient (Wildman–Crippen LogP) is 3.51. The molecule has 0 aliphatic carbocycles. The zero-order valence-corrected chi connectivity index (χ0v) is 11.7. The third-order valence-corrected chi connectivity index (χ3v) is 3.17. The van der Waals surface area contributed by atoms with E-state index in [4.69, 9.17) is 9.84 Å². The van der Waals surface area contributed by atoms with Gasteiger partial charge in [0.25, 0.3) is 0 Å². The number of benzene rings is 2. The summed E-state index contributed by atoms with van der Waals surface area (Å²) >= 11 is 0. The summed E-state index contributed by atoms with van der Waals surface area (Å²) in [6.07, 6.45) is 0.0203. The molecule has 104 valence electrons. The smallest absolute Gasteiger partial charge is 0.307 e. The van der Waals surface area contributed by atoms with Crippen molar-refractivity contribution < 1.29 is 14.6 Å². The van der Waals surface area contributed by atoms with Crippen molar-refractivity contribution in [3.05, 3.63) is 64.7 Å². The molecule has 0 bridgehead atoms. The van der Waals surface area contributed by atoms with Crippen LogP contribution < -0.4 is 4.74 Å². The van der Waals surface area contributed by atoms with E-state index in [0.717, 1.165) is 22.4 Å². The lowest BCUT2D eigenvalue weighted by molar-refractivity contribution is -0.136. The molecule has 3 heteroatoms. The summed E-state index contributed by atoms with van der Waals surface area (Å²) in [4.78, 5) is 10.8. The van der Waals surface area contributed by atoms with Gasteiger partial charge in [-0.1, -0.05) is 42.0 Å². The number of carboxylic acid groups (broad SMARTS) is 1. The number of aryl methyl sites for hydroxylation is 2. The molecule has 0 fully saturated rings. The van der Waals surface area contributed by atoms with Gasteiger partial charge in [-0.15, -0.1) is 0 Å². The number of carbonyl (C=O) groups is 1. The fraction of sp³-hybridized carbons (Fsp3) is 0.235. The quantitative estimate of drug-likeness (QED) is 0.904. The van der Waals surface area contributed by atoms with E-state index in [1.165, 1.54) is 5.56 Å². The first-order valence-electron chi connectivity index (χ1n) is 6.55. The van der Waals surface area contributed by atoms with Crippen molar-refractivity contribution in [2.24, 2.45) is 0 Å². The molecular weight excluding hydrogens is 252 g/mol. The van der Waals surface area contributed by atoms with Crippen molar-refractivity contribution in [1.82, 2.24) is 0 Å². The van der Waals surface area contributed by atoms with Crippen LogP contribution in [0.2, 0.25) is 0 Å². The minimum atomic E-state index is -0.830. The Kier molecular flexibility index (Phi) is 4.41. The molecule has 0 unspecified atom stereocenters. The maximum absolute atomic E-state index is 10.8. The molecule has 0 amide bonds. The van der Waals surface area contributed by atoms with Crippen molar-refractivity contribution >= 4 is 5.97 Å². The maximum atomic E-state index is 10.8. The van der Waals surface area contributed by atoms with Crippen molar-refractivity contribution in [3.63, 3.8) is 0 Å². The summed E-state index contributed by atoms with van der Waals surface area (Å²) in [5.41, 5.74) is 3.99. The second-order valence-electron chi connectivity index (χ2n) is 4.90. The van der Waals surface area contributed by atoms with Crippen LogP contribution in [0.4, 0.5) is 0 Å². The summed E-state index contributed by atoms with van der Waals surface area (Å²) in [6.45, 7) is 4.43. The first-order chi connectivity index (χ1) is 9.56. The van der Waals surface area contributed by atoms with Gasteiger partial charge in [0.1, 0.15) is 12.4 Å². The van der Waals surface area contributed by atoms with E-state index >= 15 is 0 Å². The predicted molar refractivity (Wildman–Crippen MR) is 78.0 cm³/mol. The summed E-state index contributed by atoms with van der Waals surface area (Å²) in [5.74, 6) is 0.00435. The molecule has 0 heterocycles. The normalized spacial score (nSPS) is 10.3. The van der Waals surface area contributed by atoms with Crippen molar-refractivity contribution in [1.29, 1.82) is 0 Å². The number of aliphatic carboxylic acids is 1. The van der Waals surface area contributed by atoms with Crippen LogP contribution in [-0.2, 0) is 17.8 Å². The third-order valence-electron chi connectivity index (χ3n) is 3.17. The highest BCUT2D eigenvalue weighted by molar-refractivity contribution is 5.70. The molecule has 20 heavy (non-hydrogen) atoms. The second-order valence-corrected chi connectivity index (χ2v) is 4.90. The number of ether oxygens (including phenoxy) is 1. The number of carboxylic acids is 1. The molecule has 0 aromatic heterocycles. The Morgan fingerprint density at radius 1 is 1.10 bits per heavy atom. The van der Waals surface area contributed by atoms with Gasteiger partial charge in [-0.25, -0.2) is 0 Å². The molecule has 0 radical (unpaired) electrons. The SMILES string of the molecule is Cc1ccc(OCc2ccccc2CC(=O)O)c(C)c1. The highest BCUT2D eigenvalue weighted by atomic mass is 16.5. The molecule has 2 rings (SSSR count). The summed E-state index contributed by atoms with van der Waals surface area (Å²) in [6, 6.07) is 13.5. The lowest BCUT2D eigenvalue weighted by Crippen LogP contribution is -2.06. The van der Waals surface area contributed by atoms with Crippen LogP contribution in [0.1, 0.15) is 22.3 Å². The average Bonchev–Trinajstić information content (AvgIpc) is 2.39. The minimum Gasteiger partial charge on any atom is -0.489 e. The number of rotatable bonds is 5. The molecular formula is C17H18O3. The Morgan fingerprint density at radius 2 is 1.80 bits per heavy atom. The zero-order chi connectivity index (χ0) is 14.5. The number of hydrogen-bond donors (Lipinski definition) is 1. The van der Waals surface area contributed by atoms with Crippen molar-refractivity contribution in [2.45, 2.75) is 26.9 Å². The van der Waals surface area contributed by atoms with E-state index in [0.29, 0.717) is 6.61 Å². The van der Waals surface area contributed by atoms with E-state index < -0.39 is 5.97 Å². The van der Waals surface area contributed by atoms with Crippen LogP contribution in [0, 0.1) is 13.8 Å². The van der Waals surface area contributed by atoms with E-state index in [1.54, 1.807) is 0 Å². The Bertz CT molecular complexity index is 617. The third kappa shape index (κ3) is 3.60. The van der Waals surface area contributed by atoms with E-state index in [9.17, 15) is 4.79 Å². The summed E-state index contributed by atoms with van der Waals surface area (Å²) < 4.78 is 5.81. The van der Waals surface area contributed by atoms with Crippen LogP contribution in [0.3, 0.4) is 0 Å². The number of hydrogen-bond acceptors (Lipinski definition) is 2. The monoisotopic (exact) mass is 270 g/mol. The Balaban J connectivity index is 2.12. The molecule has 2 aromatic rings. The van der Waals surface area contributed by atoms with E-state index in [1.807, 2.05) is 50.2 Å². The zero-order valence-electron chi connectivity index (χ0n) is 11.7. The van der Waals surface area contributed by atoms with Crippen LogP contribution in [0.25, 0.3) is 0 Å². The van der Waals surface area contributed by atoms with Gasteiger partial charge in [-0.05, 0) is 36.6 Å². The van der Waals surface area contributed by atoms with E-state index in [-0.39, 0.29) is 6.42 Å². The van der Waals surface area contributed by atoms with Gasteiger partial charge in [0, 0.05) is 0 Å². The molecule has 0 atom stereocenters. The molecule has 0 aliphatic rings. The molecule has 2 aromatic carbocycles. The molecule has 0 spiro atoms. The fourth-order valence-electron chi connectivity index (χ4n) is 2.15. The fourth-order valence-corrected chi connectivity index (χ4v) is 2.15. The lowest BCUT2D eigenvalue weighted by Gasteiger charge is -2.12. The first kappa shape index (κ1) is 14.1. The van der Waals surface area contributed by atoms with Gasteiger partial charge in [-0.3, -0.25) is 4.79 Å². The van der Waals surface area contributed by atoms with Gasteiger partial charge < -0.3 is 9.84 Å². The standard InChI is InChI=1S/C17H18O3/c1-12-7-8-16(13(2)9-12)20-11-15-6-4-3-5-14(15)10-17(18)19/h3-9H,10-11H2,1-2H3,(H,18,19). The topological polar surface area (TPSA) is 46.5 Å².